The second-order valence-corrected chi connectivity index (χ2v) is 11.0. The summed E-state index contributed by atoms with van der Waals surface area (Å²) >= 11 is 0. The van der Waals surface area contributed by atoms with Gasteiger partial charge in [0, 0.05) is 6.42 Å². The number of ether oxygens (including phenoxy) is 2. The van der Waals surface area contributed by atoms with Crippen LogP contribution < -0.4 is 5.32 Å². The summed E-state index contributed by atoms with van der Waals surface area (Å²) in [5.74, 6) is -0.510. The lowest BCUT2D eigenvalue weighted by Crippen LogP contribution is -2.65. The number of aliphatic hydroxyl groups excluding tert-OH is 9. The van der Waals surface area contributed by atoms with Crippen LogP contribution in [0.5, 0.6) is 0 Å². The standard InChI is InChI=1S/C28H55NO12/c1-2-3-4-5-6-7-8-9-10-11-12-13-14-15-20(34)29-27(39)26-23(37)22(36)24(38)28(41-26)40-25(19(33)17-31)21(35)18(32)16-30/h18-19,21-28,30-33,35-39H,2-17H2,1H3,(H,29,34)/t18-,19+,21+,22-,23+,24+,25+,26-,27?,28+/m0/s1. The van der Waals surface area contributed by atoms with Gasteiger partial charge in [0.2, 0.25) is 5.91 Å². The smallest absolute Gasteiger partial charge is 0.222 e. The van der Waals surface area contributed by atoms with Gasteiger partial charge in [0.05, 0.1) is 13.2 Å². The minimum Gasteiger partial charge on any atom is -0.394 e. The molecular weight excluding hydrogens is 542 g/mol. The van der Waals surface area contributed by atoms with Crippen LogP contribution in [0.4, 0.5) is 0 Å². The molecule has 41 heavy (non-hydrogen) atoms. The van der Waals surface area contributed by atoms with E-state index in [0.29, 0.717) is 6.42 Å². The largest absolute Gasteiger partial charge is 0.394 e. The number of amides is 1. The van der Waals surface area contributed by atoms with Crippen LogP contribution in [0, 0.1) is 0 Å². The molecule has 10 atom stereocenters. The SMILES string of the molecule is CCCCCCCCCCCCCCCC(=O)NC(O)[C@H]1O[C@@H](O[C@@H]([C@H](O)[C@@H](O)CO)[C@H](O)CO)[C@H](O)[C@@H](O)[C@H]1O. The van der Waals surface area contributed by atoms with E-state index in [1.165, 1.54) is 57.8 Å². The molecule has 1 unspecified atom stereocenters. The summed E-state index contributed by atoms with van der Waals surface area (Å²) in [7, 11) is 0. The maximum absolute atomic E-state index is 12.3. The number of carbonyl (C=O) groups is 1. The fraction of sp³-hybridized carbons (Fsp3) is 0.964. The van der Waals surface area contributed by atoms with E-state index >= 15 is 0 Å². The van der Waals surface area contributed by atoms with Crippen molar-refractivity contribution in [2.75, 3.05) is 13.2 Å². The molecule has 1 amide bonds. The van der Waals surface area contributed by atoms with Crippen LogP contribution in [0.3, 0.4) is 0 Å². The molecule has 0 aromatic carbocycles. The maximum atomic E-state index is 12.3. The number of rotatable bonds is 23. The van der Waals surface area contributed by atoms with Crippen molar-refractivity contribution < 1.29 is 60.2 Å². The van der Waals surface area contributed by atoms with E-state index in [4.69, 9.17) is 14.6 Å². The Morgan fingerprint density at radius 3 is 1.71 bits per heavy atom. The number of carbonyl (C=O) groups excluding carboxylic acids is 1. The first-order valence-corrected chi connectivity index (χ1v) is 15.2. The van der Waals surface area contributed by atoms with Crippen molar-refractivity contribution in [2.24, 2.45) is 0 Å². The summed E-state index contributed by atoms with van der Waals surface area (Å²) in [6.45, 7) is 0.365. The number of unbranched alkanes of at least 4 members (excludes halogenated alkanes) is 12. The minimum atomic E-state index is -1.94. The molecule has 1 aliphatic rings. The molecule has 0 radical (unpaired) electrons. The first-order chi connectivity index (χ1) is 19.6. The molecule has 13 heteroatoms. The van der Waals surface area contributed by atoms with Crippen LogP contribution in [0.1, 0.15) is 96.8 Å². The lowest BCUT2D eigenvalue weighted by molar-refractivity contribution is -0.335. The summed E-state index contributed by atoms with van der Waals surface area (Å²) in [6, 6.07) is 0. The maximum Gasteiger partial charge on any atom is 0.222 e. The third-order valence-corrected chi connectivity index (χ3v) is 7.51. The van der Waals surface area contributed by atoms with Gasteiger partial charge in [-0.2, -0.15) is 0 Å². The fourth-order valence-corrected chi connectivity index (χ4v) is 4.85. The summed E-state index contributed by atoms with van der Waals surface area (Å²) < 4.78 is 10.7. The van der Waals surface area contributed by atoms with E-state index in [1.54, 1.807) is 0 Å². The lowest BCUT2D eigenvalue weighted by atomic mass is 9.97. The molecule has 0 saturated carbocycles. The summed E-state index contributed by atoms with van der Waals surface area (Å²) in [6.07, 6.45) is -3.21. The van der Waals surface area contributed by atoms with Crippen LogP contribution in [0.15, 0.2) is 0 Å². The van der Waals surface area contributed by atoms with Crippen molar-refractivity contribution in [3.05, 3.63) is 0 Å². The van der Waals surface area contributed by atoms with Gasteiger partial charge in [0.25, 0.3) is 0 Å². The number of aliphatic hydroxyl groups is 9. The Bertz CT molecular complexity index is 674. The van der Waals surface area contributed by atoms with Crippen molar-refractivity contribution in [3.63, 3.8) is 0 Å². The topological polar surface area (TPSA) is 230 Å². The monoisotopic (exact) mass is 597 g/mol. The Morgan fingerprint density at radius 1 is 0.732 bits per heavy atom. The molecule has 0 aliphatic carbocycles. The highest BCUT2D eigenvalue weighted by molar-refractivity contribution is 5.76. The van der Waals surface area contributed by atoms with Gasteiger partial charge < -0.3 is 60.7 Å². The van der Waals surface area contributed by atoms with Crippen LogP contribution in [-0.2, 0) is 14.3 Å². The second-order valence-electron chi connectivity index (χ2n) is 11.0. The second kappa shape index (κ2) is 21.7. The average molecular weight is 598 g/mol. The zero-order valence-corrected chi connectivity index (χ0v) is 24.3. The zero-order chi connectivity index (χ0) is 30.8. The van der Waals surface area contributed by atoms with Crippen LogP contribution >= 0.6 is 0 Å². The average Bonchev–Trinajstić information content (AvgIpc) is 2.96. The molecule has 244 valence electrons. The van der Waals surface area contributed by atoms with Gasteiger partial charge in [-0.3, -0.25) is 4.79 Å². The van der Waals surface area contributed by atoms with E-state index < -0.39 is 80.5 Å². The quantitative estimate of drug-likeness (QED) is 0.0514. The van der Waals surface area contributed by atoms with Gasteiger partial charge in [-0.05, 0) is 6.42 Å². The molecule has 0 spiro atoms. The molecule has 1 saturated heterocycles. The first-order valence-electron chi connectivity index (χ1n) is 15.2. The van der Waals surface area contributed by atoms with Crippen molar-refractivity contribution in [3.8, 4) is 0 Å². The summed E-state index contributed by atoms with van der Waals surface area (Å²) in [5.41, 5.74) is 0. The van der Waals surface area contributed by atoms with Gasteiger partial charge in [-0.25, -0.2) is 0 Å². The first kappa shape index (κ1) is 38.1. The Morgan fingerprint density at radius 2 is 1.22 bits per heavy atom. The molecule has 10 N–H and O–H groups in total. The van der Waals surface area contributed by atoms with E-state index in [-0.39, 0.29) is 6.42 Å². The van der Waals surface area contributed by atoms with E-state index in [1.807, 2.05) is 0 Å². The minimum absolute atomic E-state index is 0.124. The van der Waals surface area contributed by atoms with Gasteiger partial charge in [0.1, 0.15) is 48.8 Å². The summed E-state index contributed by atoms with van der Waals surface area (Å²) in [5, 5.41) is 91.9. The third-order valence-electron chi connectivity index (χ3n) is 7.51. The molecule has 1 fully saturated rings. The Kier molecular flexibility index (Phi) is 20.1. The van der Waals surface area contributed by atoms with Crippen molar-refractivity contribution in [2.45, 2.75) is 158 Å². The molecule has 1 rings (SSSR count). The number of hydrogen-bond acceptors (Lipinski definition) is 12. The Balaban J connectivity index is 2.45. The highest BCUT2D eigenvalue weighted by Gasteiger charge is 2.49. The highest BCUT2D eigenvalue weighted by Crippen LogP contribution is 2.26. The predicted molar refractivity (Wildman–Crippen MR) is 148 cm³/mol. The fourth-order valence-electron chi connectivity index (χ4n) is 4.85. The summed E-state index contributed by atoms with van der Waals surface area (Å²) in [4.78, 5) is 12.3. The van der Waals surface area contributed by atoms with Crippen LogP contribution in [0.2, 0.25) is 0 Å². The number of hydrogen-bond donors (Lipinski definition) is 10. The van der Waals surface area contributed by atoms with E-state index in [0.717, 1.165) is 19.3 Å². The third kappa shape index (κ3) is 13.9. The van der Waals surface area contributed by atoms with E-state index in [9.17, 15) is 45.6 Å². The predicted octanol–water partition coefficient (Wildman–Crippen LogP) is -0.838. The number of nitrogens with one attached hydrogen (secondary N) is 1. The van der Waals surface area contributed by atoms with Gasteiger partial charge in [0.15, 0.2) is 12.5 Å². The van der Waals surface area contributed by atoms with Gasteiger partial charge in [-0.15, -0.1) is 0 Å². The highest BCUT2D eigenvalue weighted by atomic mass is 16.7. The van der Waals surface area contributed by atoms with Crippen molar-refractivity contribution in [1.82, 2.24) is 5.32 Å². The molecule has 1 heterocycles. The van der Waals surface area contributed by atoms with Crippen molar-refractivity contribution in [1.29, 1.82) is 0 Å². The molecule has 0 bridgehead atoms. The van der Waals surface area contributed by atoms with Crippen LogP contribution in [0.25, 0.3) is 0 Å². The Hall–Kier alpha value is -0.970. The molecule has 1 aliphatic heterocycles. The molecule has 0 aromatic heterocycles. The Labute approximate surface area is 243 Å². The van der Waals surface area contributed by atoms with Gasteiger partial charge >= 0.3 is 0 Å². The molecule has 0 aromatic rings. The molecular formula is C28H55NO12. The van der Waals surface area contributed by atoms with Crippen molar-refractivity contribution >= 4 is 5.91 Å². The molecule has 13 nitrogen and oxygen atoms in total. The lowest BCUT2D eigenvalue weighted by Gasteiger charge is -2.43. The van der Waals surface area contributed by atoms with Gasteiger partial charge in [-0.1, -0.05) is 84.0 Å². The normalized spacial score (nSPS) is 26.7. The van der Waals surface area contributed by atoms with Crippen LogP contribution in [-0.4, -0.2) is 126 Å². The van der Waals surface area contributed by atoms with E-state index in [2.05, 4.69) is 12.2 Å². The zero-order valence-electron chi connectivity index (χ0n) is 24.3.